The zero-order chi connectivity index (χ0) is 15.1. The highest BCUT2D eigenvalue weighted by molar-refractivity contribution is 5.21. The van der Waals surface area contributed by atoms with Crippen molar-refractivity contribution in [3.8, 4) is 0 Å². The summed E-state index contributed by atoms with van der Waals surface area (Å²) in [6, 6.07) is 0. The van der Waals surface area contributed by atoms with E-state index in [0.29, 0.717) is 0 Å². The summed E-state index contributed by atoms with van der Waals surface area (Å²) in [5, 5.41) is 3.46. The molecule has 1 N–H and O–H groups in total. The van der Waals surface area contributed by atoms with Crippen molar-refractivity contribution in [3.05, 3.63) is 23.3 Å². The highest BCUT2D eigenvalue weighted by Gasteiger charge is 2.20. The lowest BCUT2D eigenvalue weighted by Gasteiger charge is -2.24. The second-order valence-corrected chi connectivity index (χ2v) is 5.95. The molecule has 1 atom stereocenters. The van der Waals surface area contributed by atoms with Gasteiger partial charge >= 0.3 is 0 Å². The Balaban J connectivity index is 1.91. The first-order chi connectivity index (χ1) is 10.3. The molecule has 0 saturated carbocycles. The number of nitrogens with one attached hydrogen (secondary N) is 1. The van der Waals surface area contributed by atoms with Crippen LogP contribution in [-0.4, -0.2) is 47.6 Å². The van der Waals surface area contributed by atoms with Gasteiger partial charge in [-0.3, -0.25) is 0 Å². The van der Waals surface area contributed by atoms with Crippen molar-refractivity contribution in [2.75, 3.05) is 32.7 Å². The zero-order valence-corrected chi connectivity index (χ0v) is 13.9. The van der Waals surface area contributed by atoms with E-state index in [0.717, 1.165) is 63.7 Å². The first-order valence-electron chi connectivity index (χ1n) is 8.53. The van der Waals surface area contributed by atoms with Crippen LogP contribution in [0.2, 0.25) is 0 Å². The van der Waals surface area contributed by atoms with E-state index in [1.165, 1.54) is 17.7 Å². The number of aryl methyl sites for hydroxylation is 1. The summed E-state index contributed by atoms with van der Waals surface area (Å²) in [4.78, 5) is 11.8. The summed E-state index contributed by atoms with van der Waals surface area (Å²) in [7, 11) is 0. The molecule has 1 aromatic rings. The summed E-state index contributed by atoms with van der Waals surface area (Å²) in [6.07, 6.45) is 6.56. The maximum Gasteiger partial charge on any atom is 0.129 e. The number of aromatic nitrogens is 2. The molecule has 4 heteroatoms. The molecule has 21 heavy (non-hydrogen) atoms. The minimum atomic E-state index is 0.752. The first kappa shape index (κ1) is 16.4. The fourth-order valence-corrected chi connectivity index (χ4v) is 3.07. The molecule has 1 aliphatic rings. The van der Waals surface area contributed by atoms with Crippen LogP contribution in [0.3, 0.4) is 0 Å². The maximum atomic E-state index is 4.81. The molecule has 4 nitrogen and oxygen atoms in total. The van der Waals surface area contributed by atoms with Gasteiger partial charge < -0.3 is 10.2 Å². The minimum Gasteiger partial charge on any atom is -0.317 e. The molecule has 0 spiro atoms. The Hall–Kier alpha value is -1.00. The van der Waals surface area contributed by atoms with Gasteiger partial charge in [0.2, 0.25) is 0 Å². The molecule has 1 aromatic heterocycles. The van der Waals surface area contributed by atoms with Gasteiger partial charge in [-0.15, -0.1) is 0 Å². The standard InChI is InChI=1S/C17H30N4/c1-4-18-12-14-7-8-16-15(11-14)13-19-17(20-16)9-10-21(5-2)6-3/h13-14,18H,4-12H2,1-3H3. The van der Waals surface area contributed by atoms with E-state index in [1.54, 1.807) is 0 Å². The summed E-state index contributed by atoms with van der Waals surface area (Å²) in [6.45, 7) is 12.0. The van der Waals surface area contributed by atoms with Crippen LogP contribution >= 0.6 is 0 Å². The Labute approximate surface area is 129 Å². The first-order valence-corrected chi connectivity index (χ1v) is 8.53. The Morgan fingerprint density at radius 1 is 1.29 bits per heavy atom. The van der Waals surface area contributed by atoms with E-state index in [9.17, 15) is 0 Å². The molecule has 1 heterocycles. The van der Waals surface area contributed by atoms with Gasteiger partial charge in [0.15, 0.2) is 0 Å². The van der Waals surface area contributed by atoms with Crippen molar-refractivity contribution in [2.45, 2.75) is 46.5 Å². The molecule has 0 aliphatic heterocycles. The van der Waals surface area contributed by atoms with Gasteiger partial charge in [-0.05, 0) is 56.9 Å². The topological polar surface area (TPSA) is 41.1 Å². The van der Waals surface area contributed by atoms with E-state index in [1.807, 2.05) is 0 Å². The van der Waals surface area contributed by atoms with E-state index in [2.05, 4.69) is 42.2 Å². The van der Waals surface area contributed by atoms with Crippen LogP contribution in [0, 0.1) is 5.92 Å². The number of likely N-dealkylation sites (N-methyl/N-ethyl adjacent to an activating group) is 1. The lowest BCUT2D eigenvalue weighted by molar-refractivity contribution is 0.305. The fraction of sp³-hybridized carbons (Fsp3) is 0.765. The molecule has 1 aliphatic carbocycles. The summed E-state index contributed by atoms with van der Waals surface area (Å²) in [5.74, 6) is 1.77. The molecule has 0 radical (unpaired) electrons. The quantitative estimate of drug-likeness (QED) is 0.796. The maximum absolute atomic E-state index is 4.81. The second kappa shape index (κ2) is 8.44. The van der Waals surface area contributed by atoms with Gasteiger partial charge in [0.25, 0.3) is 0 Å². The SMILES string of the molecule is CCNCC1CCc2nc(CCN(CC)CC)ncc2C1. The van der Waals surface area contributed by atoms with Crippen LogP contribution in [0.1, 0.15) is 44.3 Å². The largest absolute Gasteiger partial charge is 0.317 e. The predicted molar refractivity (Wildman–Crippen MR) is 87.6 cm³/mol. The Morgan fingerprint density at radius 2 is 2.10 bits per heavy atom. The normalized spacial score (nSPS) is 18.0. The highest BCUT2D eigenvalue weighted by atomic mass is 15.1. The van der Waals surface area contributed by atoms with Crippen molar-refractivity contribution in [3.63, 3.8) is 0 Å². The molecule has 2 rings (SSSR count). The smallest absolute Gasteiger partial charge is 0.129 e. The third-order valence-corrected chi connectivity index (χ3v) is 4.53. The van der Waals surface area contributed by atoms with E-state index < -0.39 is 0 Å². The van der Waals surface area contributed by atoms with E-state index in [-0.39, 0.29) is 0 Å². The number of hydrogen-bond donors (Lipinski definition) is 1. The van der Waals surface area contributed by atoms with Crippen molar-refractivity contribution in [2.24, 2.45) is 5.92 Å². The van der Waals surface area contributed by atoms with Crippen LogP contribution in [0.25, 0.3) is 0 Å². The second-order valence-electron chi connectivity index (χ2n) is 5.95. The number of rotatable bonds is 8. The highest BCUT2D eigenvalue weighted by Crippen LogP contribution is 2.23. The molecule has 1 unspecified atom stereocenters. The Bertz CT molecular complexity index is 429. The average molecular weight is 290 g/mol. The van der Waals surface area contributed by atoms with Crippen LogP contribution < -0.4 is 5.32 Å². The molecular formula is C17H30N4. The molecular weight excluding hydrogens is 260 g/mol. The van der Waals surface area contributed by atoms with Gasteiger partial charge in [-0.2, -0.15) is 0 Å². The molecule has 0 saturated heterocycles. The summed E-state index contributed by atoms with van der Waals surface area (Å²) < 4.78 is 0. The minimum absolute atomic E-state index is 0.752. The molecule has 0 aromatic carbocycles. The lowest BCUT2D eigenvalue weighted by Crippen LogP contribution is -2.28. The van der Waals surface area contributed by atoms with E-state index >= 15 is 0 Å². The van der Waals surface area contributed by atoms with Gasteiger partial charge in [0.05, 0.1) is 0 Å². The van der Waals surface area contributed by atoms with Crippen molar-refractivity contribution in [1.29, 1.82) is 0 Å². The zero-order valence-electron chi connectivity index (χ0n) is 13.9. The number of fused-ring (bicyclic) bond motifs is 1. The summed E-state index contributed by atoms with van der Waals surface area (Å²) >= 11 is 0. The fourth-order valence-electron chi connectivity index (χ4n) is 3.07. The van der Waals surface area contributed by atoms with Crippen molar-refractivity contribution >= 4 is 0 Å². The number of hydrogen-bond acceptors (Lipinski definition) is 4. The Morgan fingerprint density at radius 3 is 2.81 bits per heavy atom. The summed E-state index contributed by atoms with van der Waals surface area (Å²) in [5.41, 5.74) is 2.67. The van der Waals surface area contributed by atoms with Crippen LogP contribution in [0.5, 0.6) is 0 Å². The molecule has 118 valence electrons. The van der Waals surface area contributed by atoms with Crippen LogP contribution in [0.15, 0.2) is 6.20 Å². The van der Waals surface area contributed by atoms with Gasteiger partial charge in [0, 0.05) is 24.9 Å². The van der Waals surface area contributed by atoms with Gasteiger partial charge in [-0.1, -0.05) is 20.8 Å². The van der Waals surface area contributed by atoms with Crippen LogP contribution in [0.4, 0.5) is 0 Å². The molecule has 0 fully saturated rings. The van der Waals surface area contributed by atoms with Crippen LogP contribution in [-0.2, 0) is 19.3 Å². The average Bonchev–Trinajstić information content (AvgIpc) is 2.53. The molecule has 0 amide bonds. The van der Waals surface area contributed by atoms with Gasteiger partial charge in [0.1, 0.15) is 5.82 Å². The van der Waals surface area contributed by atoms with Gasteiger partial charge in [-0.25, -0.2) is 9.97 Å². The third kappa shape index (κ3) is 4.75. The third-order valence-electron chi connectivity index (χ3n) is 4.53. The predicted octanol–water partition coefficient (Wildman–Crippen LogP) is 2.08. The lowest BCUT2D eigenvalue weighted by atomic mass is 9.87. The number of nitrogens with zero attached hydrogens (tertiary/aromatic N) is 3. The van der Waals surface area contributed by atoms with E-state index in [4.69, 9.17) is 4.98 Å². The van der Waals surface area contributed by atoms with Crippen molar-refractivity contribution in [1.82, 2.24) is 20.2 Å². The monoisotopic (exact) mass is 290 g/mol. The Kier molecular flexibility index (Phi) is 6.58. The molecule has 0 bridgehead atoms. The van der Waals surface area contributed by atoms with Crippen molar-refractivity contribution < 1.29 is 0 Å².